The molecule has 110 valence electrons. The molecule has 0 spiro atoms. The van der Waals surface area contributed by atoms with E-state index in [4.69, 9.17) is 0 Å². The highest BCUT2D eigenvalue weighted by atomic mass is 16.3. The van der Waals surface area contributed by atoms with Gasteiger partial charge in [0.2, 0.25) is 0 Å². The van der Waals surface area contributed by atoms with Gasteiger partial charge < -0.3 is 15.3 Å². The van der Waals surface area contributed by atoms with Gasteiger partial charge in [0, 0.05) is 12.3 Å². The Morgan fingerprint density at radius 3 is 2.50 bits per heavy atom. The van der Waals surface area contributed by atoms with Crippen LogP contribution >= 0.6 is 0 Å². The Morgan fingerprint density at radius 2 is 1.90 bits per heavy atom. The van der Waals surface area contributed by atoms with Crippen molar-refractivity contribution >= 4 is 0 Å². The molecule has 20 heavy (non-hydrogen) atoms. The summed E-state index contributed by atoms with van der Waals surface area (Å²) in [6.45, 7) is 1.94. The standard InChI is InChI=1S/C17H24O3/c1-12-15(17(20)11-16(12)19)10-9-14(18)8-7-13-5-3-2-4-6-13/h2-6,9-10,12,14-20H,7-8,11H2,1H3/b10-9+/t12-,14?,15-,16+,17-/m1/s1. The van der Waals surface area contributed by atoms with Gasteiger partial charge in [-0.2, -0.15) is 0 Å². The number of aliphatic hydroxyl groups excluding tert-OH is 3. The smallest absolute Gasteiger partial charge is 0.0724 e. The fourth-order valence-corrected chi connectivity index (χ4v) is 2.84. The van der Waals surface area contributed by atoms with Crippen LogP contribution in [0.2, 0.25) is 0 Å². The summed E-state index contributed by atoms with van der Waals surface area (Å²) < 4.78 is 0. The Morgan fingerprint density at radius 1 is 1.20 bits per heavy atom. The lowest BCUT2D eigenvalue weighted by Crippen LogP contribution is -2.17. The van der Waals surface area contributed by atoms with E-state index in [2.05, 4.69) is 12.1 Å². The Balaban J connectivity index is 1.82. The molecule has 3 nitrogen and oxygen atoms in total. The van der Waals surface area contributed by atoms with Gasteiger partial charge in [0.1, 0.15) is 0 Å². The molecule has 0 aromatic heterocycles. The fourth-order valence-electron chi connectivity index (χ4n) is 2.84. The number of rotatable bonds is 5. The van der Waals surface area contributed by atoms with Gasteiger partial charge in [0.05, 0.1) is 18.3 Å². The molecule has 0 bridgehead atoms. The highest BCUT2D eigenvalue weighted by Gasteiger charge is 2.37. The summed E-state index contributed by atoms with van der Waals surface area (Å²) >= 11 is 0. The van der Waals surface area contributed by atoms with Crippen LogP contribution in [0.5, 0.6) is 0 Å². The number of aliphatic hydroxyl groups is 3. The minimum Gasteiger partial charge on any atom is -0.393 e. The SMILES string of the molecule is C[C@@H]1[C@@H](/C=C/C(O)CCc2ccccc2)[C@H](O)C[C@@H]1O. The summed E-state index contributed by atoms with van der Waals surface area (Å²) in [6, 6.07) is 10.1. The zero-order chi connectivity index (χ0) is 14.5. The van der Waals surface area contributed by atoms with E-state index in [-0.39, 0.29) is 11.8 Å². The monoisotopic (exact) mass is 276 g/mol. The van der Waals surface area contributed by atoms with Crippen molar-refractivity contribution in [3.8, 4) is 0 Å². The molecule has 5 atom stereocenters. The summed E-state index contributed by atoms with van der Waals surface area (Å²) in [5.41, 5.74) is 1.21. The first kappa shape index (κ1) is 15.2. The second-order valence-electron chi connectivity index (χ2n) is 5.78. The first-order chi connectivity index (χ1) is 9.58. The largest absolute Gasteiger partial charge is 0.393 e. The van der Waals surface area contributed by atoms with E-state index < -0.39 is 18.3 Å². The lowest BCUT2D eigenvalue weighted by molar-refractivity contribution is 0.123. The van der Waals surface area contributed by atoms with Crippen LogP contribution in [0.25, 0.3) is 0 Å². The predicted molar refractivity (Wildman–Crippen MR) is 79.2 cm³/mol. The minimum atomic E-state index is -0.507. The molecule has 1 unspecified atom stereocenters. The second kappa shape index (κ2) is 7.02. The molecular weight excluding hydrogens is 252 g/mol. The summed E-state index contributed by atoms with van der Waals surface area (Å²) in [7, 11) is 0. The quantitative estimate of drug-likeness (QED) is 0.720. The fraction of sp³-hybridized carbons (Fsp3) is 0.529. The summed E-state index contributed by atoms with van der Waals surface area (Å²) in [4.78, 5) is 0. The second-order valence-corrected chi connectivity index (χ2v) is 5.78. The van der Waals surface area contributed by atoms with Crippen molar-refractivity contribution in [2.45, 2.75) is 44.5 Å². The van der Waals surface area contributed by atoms with Crippen molar-refractivity contribution in [2.75, 3.05) is 0 Å². The summed E-state index contributed by atoms with van der Waals surface area (Å²) in [5.74, 6) is -0.0149. The van der Waals surface area contributed by atoms with Crippen LogP contribution in [0.15, 0.2) is 42.5 Å². The first-order valence-electron chi connectivity index (χ1n) is 7.34. The van der Waals surface area contributed by atoms with Crippen LogP contribution in [0.4, 0.5) is 0 Å². The van der Waals surface area contributed by atoms with Crippen LogP contribution in [-0.4, -0.2) is 33.6 Å². The Labute approximate surface area is 120 Å². The molecule has 2 rings (SSSR count). The molecular formula is C17H24O3. The highest BCUT2D eigenvalue weighted by Crippen LogP contribution is 2.33. The predicted octanol–water partition coefficient (Wildman–Crippen LogP) is 1.91. The van der Waals surface area contributed by atoms with Crippen molar-refractivity contribution in [2.24, 2.45) is 11.8 Å². The van der Waals surface area contributed by atoms with E-state index in [1.54, 1.807) is 6.08 Å². The van der Waals surface area contributed by atoms with Gasteiger partial charge in [-0.05, 0) is 24.3 Å². The molecule has 0 radical (unpaired) electrons. The maximum Gasteiger partial charge on any atom is 0.0724 e. The van der Waals surface area contributed by atoms with Gasteiger partial charge in [-0.3, -0.25) is 0 Å². The molecule has 1 aromatic rings. The maximum absolute atomic E-state index is 9.98. The van der Waals surface area contributed by atoms with E-state index in [9.17, 15) is 15.3 Å². The van der Waals surface area contributed by atoms with Crippen LogP contribution < -0.4 is 0 Å². The lowest BCUT2D eigenvalue weighted by atomic mass is 9.94. The zero-order valence-electron chi connectivity index (χ0n) is 11.9. The van der Waals surface area contributed by atoms with Crippen LogP contribution in [0.3, 0.4) is 0 Å². The van der Waals surface area contributed by atoms with E-state index in [1.807, 2.05) is 31.2 Å². The van der Waals surface area contributed by atoms with Crippen LogP contribution in [0, 0.1) is 11.8 Å². The number of hydrogen-bond acceptors (Lipinski definition) is 3. The number of hydrogen-bond donors (Lipinski definition) is 3. The van der Waals surface area contributed by atoms with Gasteiger partial charge in [-0.15, -0.1) is 0 Å². The van der Waals surface area contributed by atoms with Gasteiger partial charge in [0.25, 0.3) is 0 Å². The third kappa shape index (κ3) is 3.92. The highest BCUT2D eigenvalue weighted by molar-refractivity contribution is 5.15. The Hall–Kier alpha value is -1.16. The molecule has 1 aliphatic rings. The lowest BCUT2D eigenvalue weighted by Gasteiger charge is -2.16. The van der Waals surface area contributed by atoms with Crippen molar-refractivity contribution in [3.63, 3.8) is 0 Å². The van der Waals surface area contributed by atoms with E-state index >= 15 is 0 Å². The number of aryl methyl sites for hydroxylation is 1. The van der Waals surface area contributed by atoms with E-state index in [0.717, 1.165) is 6.42 Å². The average molecular weight is 276 g/mol. The van der Waals surface area contributed by atoms with Crippen molar-refractivity contribution < 1.29 is 15.3 Å². The molecule has 1 saturated carbocycles. The summed E-state index contributed by atoms with van der Waals surface area (Å²) in [5, 5.41) is 29.5. The topological polar surface area (TPSA) is 60.7 Å². The molecule has 1 fully saturated rings. The Bertz CT molecular complexity index is 429. The van der Waals surface area contributed by atoms with Gasteiger partial charge >= 0.3 is 0 Å². The molecule has 0 aliphatic heterocycles. The third-order valence-electron chi connectivity index (χ3n) is 4.27. The molecule has 3 N–H and O–H groups in total. The third-order valence-corrected chi connectivity index (χ3v) is 4.27. The normalized spacial score (nSPS) is 31.8. The average Bonchev–Trinajstić information content (AvgIpc) is 2.69. The molecule has 1 aromatic carbocycles. The van der Waals surface area contributed by atoms with Gasteiger partial charge in [-0.1, -0.05) is 49.4 Å². The van der Waals surface area contributed by atoms with E-state index in [1.165, 1.54) is 5.56 Å². The van der Waals surface area contributed by atoms with Gasteiger partial charge in [0.15, 0.2) is 0 Å². The van der Waals surface area contributed by atoms with Crippen molar-refractivity contribution in [3.05, 3.63) is 48.0 Å². The van der Waals surface area contributed by atoms with Crippen molar-refractivity contribution in [1.82, 2.24) is 0 Å². The molecule has 0 heterocycles. The summed E-state index contributed by atoms with van der Waals surface area (Å²) in [6.07, 6.45) is 4.09. The van der Waals surface area contributed by atoms with Crippen LogP contribution in [0.1, 0.15) is 25.3 Å². The van der Waals surface area contributed by atoms with E-state index in [0.29, 0.717) is 12.8 Å². The molecule has 3 heteroatoms. The first-order valence-corrected chi connectivity index (χ1v) is 7.34. The molecule has 1 aliphatic carbocycles. The van der Waals surface area contributed by atoms with Gasteiger partial charge in [-0.25, -0.2) is 0 Å². The zero-order valence-corrected chi connectivity index (χ0v) is 11.9. The maximum atomic E-state index is 9.98. The number of benzene rings is 1. The Kier molecular flexibility index (Phi) is 5.35. The van der Waals surface area contributed by atoms with Crippen LogP contribution in [-0.2, 0) is 6.42 Å². The van der Waals surface area contributed by atoms with Crippen molar-refractivity contribution in [1.29, 1.82) is 0 Å². The molecule has 0 saturated heterocycles. The molecule has 0 amide bonds. The minimum absolute atomic E-state index is 0.0440.